The van der Waals surface area contributed by atoms with Crippen LogP contribution in [0.15, 0.2) is 30.3 Å². The van der Waals surface area contributed by atoms with Gasteiger partial charge in [-0.05, 0) is 10.9 Å². The van der Waals surface area contributed by atoms with Gasteiger partial charge in [-0.25, -0.2) is 0 Å². The quantitative estimate of drug-likeness (QED) is 0.926. The average molecular weight is 307 g/mol. The summed E-state index contributed by atoms with van der Waals surface area (Å²) in [6, 6.07) is 8.11. The van der Waals surface area contributed by atoms with E-state index in [9.17, 15) is 18.7 Å². The second-order valence-corrected chi connectivity index (χ2v) is 5.32. The van der Waals surface area contributed by atoms with Crippen molar-refractivity contribution in [2.45, 2.75) is 19.0 Å². The minimum atomic E-state index is -3.40. The number of halogens is 2. The van der Waals surface area contributed by atoms with Crippen molar-refractivity contribution in [3.05, 3.63) is 35.9 Å². The number of anilines is 1. The minimum Gasteiger partial charge on any atom is -0.507 e. The molecule has 1 N–H and O–H groups in total. The summed E-state index contributed by atoms with van der Waals surface area (Å²) in [6.07, 6.45) is -3.40. The average Bonchev–Trinajstić information content (AvgIpc) is 2.88. The Bertz CT molecular complexity index is 760. The first kappa shape index (κ1) is 14.7. The van der Waals surface area contributed by atoms with Crippen LogP contribution < -0.4 is 4.90 Å². The lowest BCUT2D eigenvalue weighted by atomic mass is 9.93. The monoisotopic (exact) mass is 307 g/mol. The van der Waals surface area contributed by atoms with Gasteiger partial charge in [-0.15, -0.1) is 0 Å². The number of phenolic OH excluding ortho intramolecular Hbond substituents is 1. The number of benzene rings is 2. The van der Waals surface area contributed by atoms with Gasteiger partial charge in [0.15, 0.2) is 0 Å². The molecule has 0 saturated heterocycles. The van der Waals surface area contributed by atoms with E-state index < -0.39 is 12.0 Å². The zero-order valence-electron chi connectivity index (χ0n) is 12.1. The third-order valence-corrected chi connectivity index (χ3v) is 4.10. The van der Waals surface area contributed by atoms with Crippen LogP contribution >= 0.6 is 0 Å². The molecule has 1 heterocycles. The molecule has 1 unspecified atom stereocenters. The number of hydrogen-bond acceptors (Lipinski definition) is 3. The first-order valence-corrected chi connectivity index (χ1v) is 6.82. The molecule has 1 aliphatic rings. The molecule has 1 aliphatic heterocycles. The molecule has 0 fully saturated rings. The Kier molecular flexibility index (Phi) is 3.29. The maximum Gasteiger partial charge on any atom is 0.364 e. The first-order chi connectivity index (χ1) is 10.4. The number of rotatable bonds is 2. The molecule has 4 nitrogen and oxygen atoms in total. The fraction of sp³-hybridized carbons (Fsp3) is 0.312. The highest BCUT2D eigenvalue weighted by atomic mass is 19.3. The maximum absolute atomic E-state index is 14.2. The third kappa shape index (κ3) is 2.02. The van der Waals surface area contributed by atoms with Crippen molar-refractivity contribution in [2.75, 3.05) is 18.6 Å². The first-order valence-electron chi connectivity index (χ1n) is 6.82. The summed E-state index contributed by atoms with van der Waals surface area (Å²) in [5, 5.41) is 11.1. The zero-order chi connectivity index (χ0) is 16.1. The molecule has 2 aromatic carbocycles. The summed E-state index contributed by atoms with van der Waals surface area (Å²) in [4.78, 5) is 13.0. The van der Waals surface area contributed by atoms with Crippen LogP contribution in [-0.2, 0) is 9.53 Å². The largest absolute Gasteiger partial charge is 0.507 e. The van der Waals surface area contributed by atoms with Gasteiger partial charge < -0.3 is 14.7 Å². The lowest BCUT2D eigenvalue weighted by molar-refractivity contribution is -0.234. The summed E-state index contributed by atoms with van der Waals surface area (Å²) in [6.45, 7) is 1.13. The van der Waals surface area contributed by atoms with E-state index >= 15 is 0 Å². The number of ether oxygens (including phenoxy) is 1. The fourth-order valence-corrected chi connectivity index (χ4v) is 3.04. The Morgan fingerprint density at radius 3 is 2.59 bits per heavy atom. The Morgan fingerprint density at radius 1 is 1.36 bits per heavy atom. The van der Waals surface area contributed by atoms with Gasteiger partial charge in [0.05, 0.1) is 11.6 Å². The summed E-state index contributed by atoms with van der Waals surface area (Å²) in [5.41, 5.74) is 0.640. The number of fused-ring (bicyclic) bond motifs is 3. The second-order valence-electron chi connectivity index (χ2n) is 5.32. The fourth-order valence-electron chi connectivity index (χ4n) is 3.04. The van der Waals surface area contributed by atoms with Crippen molar-refractivity contribution in [3.8, 4) is 5.75 Å². The number of phenols is 1. The number of alkyl halides is 2. The molecule has 0 bridgehead atoms. The van der Waals surface area contributed by atoms with Crippen molar-refractivity contribution in [2.24, 2.45) is 0 Å². The van der Waals surface area contributed by atoms with Gasteiger partial charge in [0.25, 0.3) is 0 Å². The van der Waals surface area contributed by atoms with Gasteiger partial charge in [0, 0.05) is 32.0 Å². The van der Waals surface area contributed by atoms with Gasteiger partial charge in [0.2, 0.25) is 5.91 Å². The number of aromatic hydroxyl groups is 1. The molecule has 0 saturated carbocycles. The highest BCUT2D eigenvalue weighted by molar-refractivity contribution is 6.03. The Balaban J connectivity index is 2.33. The molecule has 0 spiro atoms. The van der Waals surface area contributed by atoms with Gasteiger partial charge >= 0.3 is 6.11 Å². The third-order valence-electron chi connectivity index (χ3n) is 4.10. The van der Waals surface area contributed by atoms with Gasteiger partial charge in [0.1, 0.15) is 5.75 Å². The van der Waals surface area contributed by atoms with E-state index in [1.54, 1.807) is 24.3 Å². The van der Waals surface area contributed by atoms with E-state index in [-0.39, 0.29) is 18.2 Å². The summed E-state index contributed by atoms with van der Waals surface area (Å²) in [7, 11) is 0.943. The molecule has 1 atom stereocenters. The Morgan fingerprint density at radius 2 is 2.00 bits per heavy atom. The van der Waals surface area contributed by atoms with Crippen molar-refractivity contribution < 1.29 is 23.4 Å². The zero-order valence-corrected chi connectivity index (χ0v) is 12.1. The molecule has 0 radical (unpaired) electrons. The number of carbonyl (C=O) groups is 1. The molecule has 0 aromatic heterocycles. The lowest BCUT2D eigenvalue weighted by Crippen LogP contribution is -2.34. The maximum atomic E-state index is 14.2. The lowest BCUT2D eigenvalue weighted by Gasteiger charge is -2.22. The molecule has 1 amide bonds. The number of amides is 1. The minimum absolute atomic E-state index is 0.0398. The molecule has 0 aliphatic carbocycles. The van der Waals surface area contributed by atoms with E-state index in [2.05, 4.69) is 4.74 Å². The van der Waals surface area contributed by atoms with Crippen LogP contribution in [0.25, 0.3) is 10.8 Å². The van der Waals surface area contributed by atoms with Gasteiger partial charge in [-0.2, -0.15) is 8.78 Å². The van der Waals surface area contributed by atoms with Gasteiger partial charge in [-0.1, -0.05) is 24.3 Å². The SMILES string of the molecule is COC(F)(F)C1CN(C(C)=O)c2cc(O)c3ccccc3c21. The smallest absolute Gasteiger partial charge is 0.364 e. The van der Waals surface area contributed by atoms with Crippen molar-refractivity contribution >= 4 is 22.4 Å². The number of methoxy groups -OCH3 is 1. The van der Waals surface area contributed by atoms with E-state index in [0.29, 0.717) is 22.0 Å². The standard InChI is InChI=1S/C16H15F2NO3/c1-9(20)19-8-12(16(17,18)22-2)15-11-6-4-3-5-10(11)14(21)7-13(15)19/h3-7,12,21H,8H2,1-2H3. The Hall–Kier alpha value is -2.21. The van der Waals surface area contributed by atoms with E-state index in [0.717, 1.165) is 7.11 Å². The summed E-state index contributed by atoms with van der Waals surface area (Å²) >= 11 is 0. The Labute approximate surface area is 125 Å². The van der Waals surface area contributed by atoms with E-state index in [4.69, 9.17) is 0 Å². The van der Waals surface area contributed by atoms with Crippen LogP contribution in [0.5, 0.6) is 5.75 Å². The topological polar surface area (TPSA) is 49.8 Å². The van der Waals surface area contributed by atoms with Crippen LogP contribution in [0.1, 0.15) is 18.4 Å². The van der Waals surface area contributed by atoms with E-state index in [1.807, 2.05) is 0 Å². The van der Waals surface area contributed by atoms with E-state index in [1.165, 1.54) is 17.9 Å². The van der Waals surface area contributed by atoms with Crippen LogP contribution in [0.4, 0.5) is 14.5 Å². The number of carbonyl (C=O) groups excluding carboxylic acids is 1. The molecule has 3 rings (SSSR count). The van der Waals surface area contributed by atoms with Crippen molar-refractivity contribution in [1.29, 1.82) is 0 Å². The molecular formula is C16H15F2NO3. The molecule has 6 heteroatoms. The number of hydrogen-bond donors (Lipinski definition) is 1. The highest BCUT2D eigenvalue weighted by Crippen LogP contribution is 2.50. The predicted octanol–water partition coefficient (Wildman–Crippen LogP) is 3.23. The summed E-state index contributed by atoms with van der Waals surface area (Å²) in [5.74, 6) is -1.67. The van der Waals surface area contributed by atoms with Crippen LogP contribution in [0.3, 0.4) is 0 Å². The predicted molar refractivity (Wildman–Crippen MR) is 78.3 cm³/mol. The normalized spacial score (nSPS) is 17.8. The molecule has 22 heavy (non-hydrogen) atoms. The molecular weight excluding hydrogens is 292 g/mol. The van der Waals surface area contributed by atoms with Crippen LogP contribution in [-0.4, -0.2) is 30.8 Å². The van der Waals surface area contributed by atoms with Crippen molar-refractivity contribution in [1.82, 2.24) is 0 Å². The van der Waals surface area contributed by atoms with Crippen LogP contribution in [0.2, 0.25) is 0 Å². The van der Waals surface area contributed by atoms with Crippen molar-refractivity contribution in [3.63, 3.8) is 0 Å². The highest BCUT2D eigenvalue weighted by Gasteiger charge is 2.48. The molecule has 116 valence electrons. The van der Waals surface area contributed by atoms with Crippen LogP contribution in [0, 0.1) is 0 Å². The second kappa shape index (κ2) is 4.91. The number of nitrogens with zero attached hydrogens (tertiary/aromatic N) is 1. The van der Waals surface area contributed by atoms with Gasteiger partial charge in [-0.3, -0.25) is 4.79 Å². The molecule has 2 aromatic rings. The summed E-state index contributed by atoms with van der Waals surface area (Å²) < 4.78 is 32.7.